The predicted molar refractivity (Wildman–Crippen MR) is 66.2 cm³/mol. The first kappa shape index (κ1) is 14.5. The highest BCUT2D eigenvalue weighted by Gasteiger charge is 2.14. The fraction of sp³-hybridized carbons (Fsp3) is 0.727. The molecule has 3 nitrogen and oxygen atoms in total. The number of carbonyl (C=O) groups is 1. The van der Waals surface area contributed by atoms with E-state index < -0.39 is 0 Å². The molecule has 0 aromatic carbocycles. The average Bonchev–Trinajstić information content (AvgIpc) is 2.18. The zero-order valence-electron chi connectivity index (χ0n) is 10.1. The van der Waals surface area contributed by atoms with Crippen LogP contribution in [0, 0.1) is 0 Å². The summed E-state index contributed by atoms with van der Waals surface area (Å²) in [4.78, 5) is 13.4. The van der Waals surface area contributed by atoms with E-state index in [2.05, 4.69) is 24.7 Å². The molecule has 0 saturated carbocycles. The van der Waals surface area contributed by atoms with E-state index in [1.54, 1.807) is 18.7 Å². The number of hydrogen-bond acceptors (Lipinski definition) is 4. The van der Waals surface area contributed by atoms with E-state index in [-0.39, 0.29) is 5.97 Å². The number of ether oxygens (including phenoxy) is 1. The topological polar surface area (TPSA) is 29.5 Å². The molecule has 4 heteroatoms. The Morgan fingerprint density at radius 1 is 1.60 bits per heavy atom. The Bertz CT molecular complexity index is 219. The number of hydrogen-bond donors (Lipinski definition) is 0. The third-order valence-electron chi connectivity index (χ3n) is 2.16. The van der Waals surface area contributed by atoms with Crippen LogP contribution in [0.15, 0.2) is 12.2 Å². The van der Waals surface area contributed by atoms with Crippen LogP contribution in [-0.2, 0) is 9.53 Å². The number of thioether (sulfide) groups is 1. The standard InChI is InChI=1S/C11H21NO2S/c1-6-14-11(13)9(2)7-12(4)10(3)8-15-5/h10H,2,6-8H2,1,3-5H3. The normalized spacial score (nSPS) is 12.6. The molecule has 0 rings (SSSR count). The number of likely N-dealkylation sites (N-methyl/N-ethyl adjacent to an activating group) is 1. The molecule has 0 fully saturated rings. The highest BCUT2D eigenvalue weighted by Crippen LogP contribution is 2.06. The lowest BCUT2D eigenvalue weighted by Crippen LogP contribution is -2.34. The molecule has 0 aliphatic rings. The van der Waals surface area contributed by atoms with Gasteiger partial charge in [-0.05, 0) is 27.2 Å². The predicted octanol–water partition coefficient (Wildman–Crippen LogP) is 1.79. The Morgan fingerprint density at radius 3 is 2.67 bits per heavy atom. The molecule has 1 unspecified atom stereocenters. The van der Waals surface area contributed by atoms with E-state index in [0.717, 1.165) is 5.75 Å². The van der Waals surface area contributed by atoms with Gasteiger partial charge in [0, 0.05) is 23.9 Å². The van der Waals surface area contributed by atoms with Crippen LogP contribution < -0.4 is 0 Å². The number of rotatable bonds is 7. The SMILES string of the molecule is C=C(CN(C)C(C)CSC)C(=O)OCC. The molecule has 1 atom stereocenters. The molecule has 0 aromatic rings. The van der Waals surface area contributed by atoms with Crippen molar-refractivity contribution in [1.29, 1.82) is 0 Å². The van der Waals surface area contributed by atoms with Gasteiger partial charge in [0.15, 0.2) is 0 Å². The Hall–Kier alpha value is -0.480. The van der Waals surface area contributed by atoms with Crippen LogP contribution in [0.25, 0.3) is 0 Å². The summed E-state index contributed by atoms with van der Waals surface area (Å²) in [6.45, 7) is 8.64. The molecule has 15 heavy (non-hydrogen) atoms. The van der Waals surface area contributed by atoms with E-state index >= 15 is 0 Å². The van der Waals surface area contributed by atoms with Crippen molar-refractivity contribution < 1.29 is 9.53 Å². The van der Waals surface area contributed by atoms with E-state index in [9.17, 15) is 4.79 Å². The van der Waals surface area contributed by atoms with Gasteiger partial charge in [-0.15, -0.1) is 0 Å². The second-order valence-corrected chi connectivity index (χ2v) is 4.45. The van der Waals surface area contributed by atoms with Crippen molar-refractivity contribution in [3.63, 3.8) is 0 Å². The molecular weight excluding hydrogens is 210 g/mol. The first-order chi connectivity index (χ1) is 7.02. The smallest absolute Gasteiger partial charge is 0.334 e. The second kappa shape index (κ2) is 7.77. The summed E-state index contributed by atoms with van der Waals surface area (Å²) in [5.74, 6) is 0.757. The molecule has 0 amide bonds. The van der Waals surface area contributed by atoms with Gasteiger partial charge in [-0.1, -0.05) is 6.58 Å². The summed E-state index contributed by atoms with van der Waals surface area (Å²) in [5.41, 5.74) is 0.521. The lowest BCUT2D eigenvalue weighted by atomic mass is 10.2. The molecular formula is C11H21NO2S. The lowest BCUT2D eigenvalue weighted by Gasteiger charge is -2.24. The highest BCUT2D eigenvalue weighted by atomic mass is 32.2. The second-order valence-electron chi connectivity index (χ2n) is 3.54. The third kappa shape index (κ3) is 5.85. The van der Waals surface area contributed by atoms with Crippen LogP contribution in [0.5, 0.6) is 0 Å². The van der Waals surface area contributed by atoms with Crippen LogP contribution >= 0.6 is 11.8 Å². The fourth-order valence-corrected chi connectivity index (χ4v) is 1.86. The first-order valence-corrected chi connectivity index (χ1v) is 6.46. The van der Waals surface area contributed by atoms with Crippen LogP contribution in [0.1, 0.15) is 13.8 Å². The van der Waals surface area contributed by atoms with Gasteiger partial charge in [0.25, 0.3) is 0 Å². The highest BCUT2D eigenvalue weighted by molar-refractivity contribution is 7.98. The van der Waals surface area contributed by atoms with Crippen LogP contribution in [-0.4, -0.2) is 49.1 Å². The van der Waals surface area contributed by atoms with Gasteiger partial charge >= 0.3 is 5.97 Å². The average molecular weight is 231 g/mol. The summed E-state index contributed by atoms with van der Waals surface area (Å²) in [6.07, 6.45) is 2.07. The van der Waals surface area contributed by atoms with Gasteiger partial charge in [-0.25, -0.2) is 4.79 Å². The van der Waals surface area contributed by atoms with Crippen LogP contribution in [0.2, 0.25) is 0 Å². The summed E-state index contributed by atoms with van der Waals surface area (Å²) < 4.78 is 4.87. The molecule has 0 radical (unpaired) electrons. The van der Waals surface area contributed by atoms with Crippen LogP contribution in [0.4, 0.5) is 0 Å². The Labute approximate surface area is 96.9 Å². The van der Waals surface area contributed by atoms with Gasteiger partial charge in [0.2, 0.25) is 0 Å². The summed E-state index contributed by atoms with van der Waals surface area (Å²) in [7, 11) is 1.99. The molecule has 0 aliphatic carbocycles. The lowest BCUT2D eigenvalue weighted by molar-refractivity contribution is -0.138. The molecule has 0 aliphatic heterocycles. The Morgan fingerprint density at radius 2 is 2.20 bits per heavy atom. The number of esters is 1. The van der Waals surface area contributed by atoms with Crippen molar-refractivity contribution in [2.24, 2.45) is 0 Å². The van der Waals surface area contributed by atoms with E-state index in [1.807, 2.05) is 7.05 Å². The van der Waals surface area contributed by atoms with Gasteiger partial charge in [-0.3, -0.25) is 4.90 Å². The zero-order chi connectivity index (χ0) is 11.8. The van der Waals surface area contributed by atoms with Gasteiger partial charge in [0.05, 0.1) is 6.61 Å². The van der Waals surface area contributed by atoms with Gasteiger partial charge in [0.1, 0.15) is 0 Å². The molecule has 0 bridgehead atoms. The summed E-state index contributed by atoms with van der Waals surface area (Å²) in [5, 5.41) is 0. The maximum Gasteiger partial charge on any atom is 0.334 e. The van der Waals surface area contributed by atoms with Crippen molar-refractivity contribution in [3.05, 3.63) is 12.2 Å². The zero-order valence-corrected chi connectivity index (χ0v) is 10.9. The minimum absolute atomic E-state index is 0.291. The molecule has 0 heterocycles. The van der Waals surface area contributed by atoms with Gasteiger partial charge < -0.3 is 4.74 Å². The van der Waals surface area contributed by atoms with Crippen molar-refractivity contribution in [2.45, 2.75) is 19.9 Å². The largest absolute Gasteiger partial charge is 0.463 e. The first-order valence-electron chi connectivity index (χ1n) is 5.07. The monoisotopic (exact) mass is 231 g/mol. The number of nitrogens with zero attached hydrogens (tertiary/aromatic N) is 1. The third-order valence-corrected chi connectivity index (χ3v) is 2.98. The minimum atomic E-state index is -0.291. The van der Waals surface area contributed by atoms with E-state index in [4.69, 9.17) is 4.74 Å². The summed E-state index contributed by atoms with van der Waals surface area (Å²) in [6, 6.07) is 0.436. The molecule has 0 saturated heterocycles. The van der Waals surface area contributed by atoms with Crippen molar-refractivity contribution in [2.75, 3.05) is 32.2 Å². The maximum atomic E-state index is 11.3. The van der Waals surface area contributed by atoms with Crippen LogP contribution in [0.3, 0.4) is 0 Å². The van der Waals surface area contributed by atoms with Gasteiger partial charge in [-0.2, -0.15) is 11.8 Å². The van der Waals surface area contributed by atoms with E-state index in [0.29, 0.717) is 24.8 Å². The van der Waals surface area contributed by atoms with Crippen molar-refractivity contribution in [3.8, 4) is 0 Å². The Kier molecular flexibility index (Phi) is 7.52. The summed E-state index contributed by atoms with van der Waals surface area (Å²) >= 11 is 1.80. The van der Waals surface area contributed by atoms with E-state index in [1.165, 1.54) is 0 Å². The maximum absolute atomic E-state index is 11.3. The van der Waals surface area contributed by atoms with Crippen molar-refractivity contribution >= 4 is 17.7 Å². The molecule has 0 spiro atoms. The molecule has 0 N–H and O–H groups in total. The fourth-order valence-electron chi connectivity index (χ4n) is 1.12. The number of carbonyl (C=O) groups excluding carboxylic acids is 1. The molecule has 88 valence electrons. The Balaban J connectivity index is 4.00. The minimum Gasteiger partial charge on any atom is -0.463 e. The molecule has 0 aromatic heterocycles. The van der Waals surface area contributed by atoms with Crippen molar-refractivity contribution in [1.82, 2.24) is 4.90 Å². The quantitative estimate of drug-likeness (QED) is 0.493.